The highest BCUT2D eigenvalue weighted by atomic mass is 16.6. The first-order valence-corrected chi connectivity index (χ1v) is 5.70. The number of nitrogens with one attached hydrogen (secondary N) is 1. The first-order valence-electron chi connectivity index (χ1n) is 5.70. The number of nitro groups is 1. The molecule has 0 bridgehead atoms. The van der Waals surface area contributed by atoms with E-state index in [0.29, 0.717) is 11.3 Å². The van der Waals surface area contributed by atoms with Gasteiger partial charge in [0, 0.05) is 44.5 Å². The van der Waals surface area contributed by atoms with Gasteiger partial charge in [0.15, 0.2) is 0 Å². The van der Waals surface area contributed by atoms with Gasteiger partial charge in [0.05, 0.1) is 4.92 Å². The summed E-state index contributed by atoms with van der Waals surface area (Å²) in [5.74, 6) is -0.538. The lowest BCUT2D eigenvalue weighted by molar-refractivity contribution is -0.384. The number of non-ortho nitro benzene ring substituents is 1. The van der Waals surface area contributed by atoms with Gasteiger partial charge in [-0.15, -0.1) is 0 Å². The third-order valence-electron chi connectivity index (χ3n) is 2.60. The molecular formula is C13H14N4O3. The van der Waals surface area contributed by atoms with Crippen LogP contribution in [-0.4, -0.2) is 32.0 Å². The Morgan fingerprint density at radius 2 is 2.15 bits per heavy atom. The second kappa shape index (κ2) is 6.33. The Morgan fingerprint density at radius 1 is 1.50 bits per heavy atom. The van der Waals surface area contributed by atoms with Crippen LogP contribution in [0, 0.1) is 21.4 Å². The Hall–Kier alpha value is -2.88. The number of anilines is 1. The van der Waals surface area contributed by atoms with Crippen LogP contribution >= 0.6 is 0 Å². The predicted octanol–water partition coefficient (Wildman–Crippen LogP) is 1.31. The molecular weight excluding hydrogens is 260 g/mol. The van der Waals surface area contributed by atoms with Crippen molar-refractivity contribution in [2.45, 2.75) is 0 Å². The fourth-order valence-electron chi connectivity index (χ4n) is 1.62. The summed E-state index contributed by atoms with van der Waals surface area (Å²) in [7, 11) is 4.95. The lowest BCUT2D eigenvalue weighted by Crippen LogP contribution is -2.19. The van der Waals surface area contributed by atoms with Gasteiger partial charge in [-0.3, -0.25) is 14.9 Å². The minimum Gasteiger partial charge on any atom is -0.377 e. The van der Waals surface area contributed by atoms with E-state index in [9.17, 15) is 14.9 Å². The highest BCUT2D eigenvalue weighted by molar-refractivity contribution is 6.02. The summed E-state index contributed by atoms with van der Waals surface area (Å²) >= 11 is 0. The quantitative estimate of drug-likeness (QED) is 0.386. The molecule has 104 valence electrons. The zero-order valence-electron chi connectivity index (χ0n) is 11.4. The fourth-order valence-corrected chi connectivity index (χ4v) is 1.62. The molecule has 0 aliphatic rings. The molecule has 0 unspecified atom stereocenters. The van der Waals surface area contributed by atoms with Gasteiger partial charge >= 0.3 is 0 Å². The van der Waals surface area contributed by atoms with Crippen molar-refractivity contribution in [2.75, 3.05) is 26.0 Å². The molecule has 20 heavy (non-hydrogen) atoms. The standard InChI is InChI=1S/C13H14N4O3/c1-15-13(18)10(8-14)6-9-7-11(17(19)20)4-5-12(9)16(2)3/h4-7H,1-3H3,(H,15,18)/b10-6+. The molecule has 1 aromatic carbocycles. The molecule has 0 aromatic heterocycles. The van der Waals surface area contributed by atoms with E-state index >= 15 is 0 Å². The molecule has 0 saturated carbocycles. The zero-order valence-corrected chi connectivity index (χ0v) is 11.4. The number of hydrogen-bond donors (Lipinski definition) is 1. The lowest BCUT2D eigenvalue weighted by Gasteiger charge is -2.15. The number of nitriles is 1. The van der Waals surface area contributed by atoms with Crippen molar-refractivity contribution in [3.8, 4) is 6.07 Å². The van der Waals surface area contributed by atoms with Gasteiger partial charge in [0.1, 0.15) is 11.6 Å². The third-order valence-corrected chi connectivity index (χ3v) is 2.60. The lowest BCUT2D eigenvalue weighted by atomic mass is 10.1. The van der Waals surface area contributed by atoms with Gasteiger partial charge in [-0.05, 0) is 12.1 Å². The van der Waals surface area contributed by atoms with Crippen molar-refractivity contribution in [3.05, 3.63) is 39.4 Å². The summed E-state index contributed by atoms with van der Waals surface area (Å²) in [4.78, 5) is 23.5. The maximum Gasteiger partial charge on any atom is 0.270 e. The van der Waals surface area contributed by atoms with Crippen molar-refractivity contribution in [2.24, 2.45) is 0 Å². The van der Waals surface area contributed by atoms with E-state index in [4.69, 9.17) is 5.26 Å². The van der Waals surface area contributed by atoms with E-state index < -0.39 is 10.8 Å². The third kappa shape index (κ3) is 3.32. The summed E-state index contributed by atoms with van der Waals surface area (Å²) in [6.07, 6.45) is 1.33. The number of likely N-dealkylation sites (N-methyl/N-ethyl adjacent to an activating group) is 1. The molecule has 0 heterocycles. The van der Waals surface area contributed by atoms with Crippen LogP contribution in [0.25, 0.3) is 6.08 Å². The van der Waals surface area contributed by atoms with Crippen LogP contribution in [0.15, 0.2) is 23.8 Å². The summed E-state index contributed by atoms with van der Waals surface area (Å²) in [6, 6.07) is 6.05. The van der Waals surface area contributed by atoms with Crippen LogP contribution in [0.3, 0.4) is 0 Å². The Morgan fingerprint density at radius 3 is 2.60 bits per heavy atom. The van der Waals surface area contributed by atoms with Gasteiger partial charge < -0.3 is 10.2 Å². The molecule has 1 rings (SSSR count). The Bertz CT molecular complexity index is 615. The van der Waals surface area contributed by atoms with E-state index in [1.54, 1.807) is 31.1 Å². The molecule has 0 radical (unpaired) electrons. The van der Waals surface area contributed by atoms with Gasteiger partial charge in [0.25, 0.3) is 11.6 Å². The molecule has 1 amide bonds. The molecule has 0 atom stereocenters. The molecule has 1 N–H and O–H groups in total. The maximum atomic E-state index is 11.5. The number of carbonyl (C=O) groups is 1. The van der Waals surface area contributed by atoms with Crippen LogP contribution < -0.4 is 10.2 Å². The molecule has 0 fully saturated rings. The Kier molecular flexibility index (Phi) is 4.81. The minimum atomic E-state index is -0.538. The van der Waals surface area contributed by atoms with Crippen LogP contribution in [0.5, 0.6) is 0 Å². The monoisotopic (exact) mass is 274 g/mol. The molecule has 0 spiro atoms. The maximum absolute atomic E-state index is 11.5. The number of amides is 1. The topological polar surface area (TPSA) is 99.3 Å². The van der Waals surface area contributed by atoms with Crippen LogP contribution in [0.1, 0.15) is 5.56 Å². The largest absolute Gasteiger partial charge is 0.377 e. The molecule has 0 aliphatic heterocycles. The molecule has 1 aromatic rings. The Balaban J connectivity index is 3.44. The van der Waals surface area contributed by atoms with Crippen LogP contribution in [0.2, 0.25) is 0 Å². The summed E-state index contributed by atoms with van der Waals surface area (Å²) in [5, 5.41) is 22.1. The Labute approximate surface area is 116 Å². The number of nitro benzene ring substituents is 1. The molecule has 7 heteroatoms. The average molecular weight is 274 g/mol. The highest BCUT2D eigenvalue weighted by Gasteiger charge is 2.13. The van der Waals surface area contributed by atoms with Crippen molar-refractivity contribution >= 4 is 23.4 Å². The van der Waals surface area contributed by atoms with E-state index in [1.807, 2.05) is 0 Å². The van der Waals surface area contributed by atoms with E-state index in [1.165, 1.54) is 25.3 Å². The SMILES string of the molecule is CNC(=O)/C(C#N)=C/c1cc([N+](=O)[O-])ccc1N(C)C. The predicted molar refractivity (Wildman–Crippen MR) is 75.1 cm³/mol. The van der Waals surface area contributed by atoms with Crippen LogP contribution in [-0.2, 0) is 4.79 Å². The number of nitrogens with zero attached hydrogens (tertiary/aromatic N) is 3. The van der Waals surface area contributed by atoms with Crippen molar-refractivity contribution in [1.82, 2.24) is 5.32 Å². The van der Waals surface area contributed by atoms with Crippen LogP contribution in [0.4, 0.5) is 11.4 Å². The molecule has 7 nitrogen and oxygen atoms in total. The first kappa shape index (κ1) is 15.2. The normalized spacial score (nSPS) is 10.6. The first-order chi connectivity index (χ1) is 9.40. The van der Waals surface area contributed by atoms with Crippen molar-refractivity contribution in [1.29, 1.82) is 5.26 Å². The highest BCUT2D eigenvalue weighted by Crippen LogP contribution is 2.26. The number of benzene rings is 1. The number of carbonyl (C=O) groups excluding carboxylic acids is 1. The van der Waals surface area contributed by atoms with E-state index in [2.05, 4.69) is 5.32 Å². The summed E-state index contributed by atoms with van der Waals surface area (Å²) < 4.78 is 0. The molecule has 0 saturated heterocycles. The average Bonchev–Trinajstić information content (AvgIpc) is 2.43. The van der Waals surface area contributed by atoms with Gasteiger partial charge in [-0.2, -0.15) is 5.26 Å². The van der Waals surface area contributed by atoms with E-state index in [-0.39, 0.29) is 11.3 Å². The van der Waals surface area contributed by atoms with Gasteiger partial charge in [-0.25, -0.2) is 0 Å². The summed E-state index contributed by atoms with van der Waals surface area (Å²) in [5.41, 5.74) is 0.892. The van der Waals surface area contributed by atoms with Crippen molar-refractivity contribution < 1.29 is 9.72 Å². The smallest absolute Gasteiger partial charge is 0.270 e. The minimum absolute atomic E-state index is 0.101. The number of hydrogen-bond acceptors (Lipinski definition) is 5. The second-order valence-corrected chi connectivity index (χ2v) is 4.14. The van der Waals surface area contributed by atoms with Gasteiger partial charge in [0.2, 0.25) is 0 Å². The zero-order chi connectivity index (χ0) is 15.3. The van der Waals surface area contributed by atoms with Gasteiger partial charge in [-0.1, -0.05) is 0 Å². The number of rotatable bonds is 4. The fraction of sp³-hybridized carbons (Fsp3) is 0.231. The van der Waals surface area contributed by atoms with E-state index in [0.717, 1.165) is 0 Å². The second-order valence-electron chi connectivity index (χ2n) is 4.14. The van der Waals surface area contributed by atoms with Crippen molar-refractivity contribution in [3.63, 3.8) is 0 Å². The summed E-state index contributed by atoms with van der Waals surface area (Å²) in [6.45, 7) is 0. The molecule has 0 aliphatic carbocycles.